The molecule has 1 heterocycles. The first-order chi connectivity index (χ1) is 10.9. The van der Waals surface area contributed by atoms with Crippen LogP contribution in [0.4, 0.5) is 4.79 Å². The highest BCUT2D eigenvalue weighted by Crippen LogP contribution is 2.43. The molecular formula is C14H21N3O5S. The normalized spacial score (nSPS) is 26.8. The topological polar surface area (TPSA) is 111 Å². The molecule has 8 nitrogen and oxygen atoms in total. The summed E-state index contributed by atoms with van der Waals surface area (Å²) in [5.41, 5.74) is 0.412. The molecular weight excluding hydrogens is 322 g/mol. The molecule has 9 heteroatoms. The van der Waals surface area contributed by atoms with Crippen molar-refractivity contribution in [2.45, 2.75) is 44.4 Å². The van der Waals surface area contributed by atoms with Crippen molar-refractivity contribution < 1.29 is 23.4 Å². The van der Waals surface area contributed by atoms with E-state index in [2.05, 4.69) is 9.60 Å². The molecule has 128 valence electrons. The van der Waals surface area contributed by atoms with Crippen molar-refractivity contribution in [2.75, 3.05) is 7.05 Å². The SMILES string of the molecule is CNC(=O)N1C(=O)/C(=C(/C)OC(=O)C(C)SON)C2CCCC21. The van der Waals surface area contributed by atoms with E-state index in [1.165, 1.54) is 11.9 Å². The number of allylic oxidation sites excluding steroid dienone is 1. The molecule has 0 bridgehead atoms. The lowest BCUT2D eigenvalue weighted by atomic mass is 9.97. The number of hydrogen-bond acceptors (Lipinski definition) is 7. The summed E-state index contributed by atoms with van der Waals surface area (Å²) >= 11 is 0.774. The molecule has 0 aromatic rings. The summed E-state index contributed by atoms with van der Waals surface area (Å²) in [4.78, 5) is 37.8. The number of imide groups is 1. The van der Waals surface area contributed by atoms with Gasteiger partial charge in [-0.3, -0.25) is 14.5 Å². The molecule has 0 aromatic heterocycles. The van der Waals surface area contributed by atoms with Crippen molar-refractivity contribution in [3.8, 4) is 0 Å². The van der Waals surface area contributed by atoms with Crippen LogP contribution < -0.4 is 11.2 Å². The number of likely N-dealkylation sites (tertiary alicyclic amines) is 1. The van der Waals surface area contributed by atoms with Gasteiger partial charge < -0.3 is 10.1 Å². The quantitative estimate of drug-likeness (QED) is 0.258. The van der Waals surface area contributed by atoms with Gasteiger partial charge in [-0.15, -0.1) is 0 Å². The van der Waals surface area contributed by atoms with Gasteiger partial charge in [0.05, 0.1) is 5.57 Å². The number of rotatable bonds is 4. The van der Waals surface area contributed by atoms with Crippen molar-refractivity contribution in [2.24, 2.45) is 11.8 Å². The summed E-state index contributed by atoms with van der Waals surface area (Å²) < 4.78 is 9.65. The van der Waals surface area contributed by atoms with Gasteiger partial charge in [0.2, 0.25) is 0 Å². The number of hydrogen-bond donors (Lipinski definition) is 2. The highest BCUT2D eigenvalue weighted by molar-refractivity contribution is 7.95. The van der Waals surface area contributed by atoms with Gasteiger partial charge in [-0.2, -0.15) is 0 Å². The number of carbonyl (C=O) groups is 3. The Kier molecular flexibility index (Phi) is 5.66. The van der Waals surface area contributed by atoms with Crippen LogP contribution in [0.3, 0.4) is 0 Å². The van der Waals surface area contributed by atoms with Crippen LogP contribution in [0.1, 0.15) is 33.1 Å². The third kappa shape index (κ3) is 3.36. The van der Waals surface area contributed by atoms with Crippen LogP contribution >= 0.6 is 12.0 Å². The second-order valence-corrected chi connectivity index (χ2v) is 6.65. The maximum atomic E-state index is 12.6. The van der Waals surface area contributed by atoms with E-state index in [4.69, 9.17) is 10.6 Å². The number of urea groups is 1. The number of carbonyl (C=O) groups excluding carboxylic acids is 3. The Morgan fingerprint density at radius 3 is 2.74 bits per heavy atom. The lowest BCUT2D eigenvalue weighted by Gasteiger charge is -2.20. The molecule has 23 heavy (non-hydrogen) atoms. The van der Waals surface area contributed by atoms with Crippen molar-refractivity contribution >= 4 is 30.0 Å². The Labute approximate surface area is 138 Å². The Morgan fingerprint density at radius 2 is 2.13 bits per heavy atom. The Hall–Kier alpha value is -1.58. The highest BCUT2D eigenvalue weighted by atomic mass is 32.2. The fourth-order valence-corrected chi connectivity index (χ4v) is 3.50. The van der Waals surface area contributed by atoms with Gasteiger partial charge in [-0.25, -0.2) is 15.0 Å². The van der Waals surface area contributed by atoms with Crippen molar-refractivity contribution in [3.05, 3.63) is 11.3 Å². The van der Waals surface area contributed by atoms with E-state index in [0.29, 0.717) is 5.57 Å². The first kappa shape index (κ1) is 17.8. The third-order valence-electron chi connectivity index (χ3n) is 4.23. The molecule has 1 saturated heterocycles. The number of nitrogens with zero attached hydrogens (tertiary/aromatic N) is 1. The van der Waals surface area contributed by atoms with Crippen LogP contribution in [-0.4, -0.2) is 41.1 Å². The van der Waals surface area contributed by atoms with Gasteiger partial charge in [0.15, 0.2) is 0 Å². The molecule has 1 saturated carbocycles. The van der Waals surface area contributed by atoms with Crippen LogP contribution in [-0.2, 0) is 18.6 Å². The Bertz CT molecular complexity index is 551. The molecule has 3 atom stereocenters. The molecule has 0 spiro atoms. The lowest BCUT2D eigenvalue weighted by Crippen LogP contribution is -2.44. The van der Waals surface area contributed by atoms with Gasteiger partial charge in [0, 0.05) is 31.1 Å². The molecule has 1 aliphatic carbocycles. The minimum Gasteiger partial charge on any atom is -0.430 e. The summed E-state index contributed by atoms with van der Waals surface area (Å²) in [6.45, 7) is 3.16. The molecule has 0 aromatic carbocycles. The van der Waals surface area contributed by atoms with Gasteiger partial charge in [-0.05, 0) is 26.7 Å². The predicted molar refractivity (Wildman–Crippen MR) is 83.5 cm³/mol. The molecule has 3 N–H and O–H groups in total. The zero-order valence-electron chi connectivity index (χ0n) is 13.3. The summed E-state index contributed by atoms with van der Waals surface area (Å²) in [5, 5.41) is 1.86. The van der Waals surface area contributed by atoms with E-state index in [0.717, 1.165) is 31.3 Å². The maximum absolute atomic E-state index is 12.6. The Balaban J connectivity index is 2.24. The first-order valence-corrected chi connectivity index (χ1v) is 8.22. The molecule has 2 aliphatic rings. The number of amides is 3. The van der Waals surface area contributed by atoms with Crippen molar-refractivity contribution in [1.82, 2.24) is 10.2 Å². The second-order valence-electron chi connectivity index (χ2n) is 5.56. The first-order valence-electron chi connectivity index (χ1n) is 7.42. The van der Waals surface area contributed by atoms with E-state index in [1.807, 2.05) is 0 Å². The number of ether oxygens (including phenoxy) is 1. The standard InChI is InChI=1S/C14H21N3O5S/c1-7(21-13(19)8(2)23-22-15)11-9-5-4-6-10(9)17(12(11)18)14(20)16-3/h8-10H,4-6,15H2,1-3H3,(H,16,20)/b11-7-. The van der Waals surface area contributed by atoms with E-state index >= 15 is 0 Å². The summed E-state index contributed by atoms with van der Waals surface area (Å²) in [6, 6.07) is -0.591. The van der Waals surface area contributed by atoms with E-state index in [9.17, 15) is 14.4 Å². The zero-order chi connectivity index (χ0) is 17.1. The van der Waals surface area contributed by atoms with Crippen molar-refractivity contribution in [3.63, 3.8) is 0 Å². The second kappa shape index (κ2) is 7.33. The maximum Gasteiger partial charge on any atom is 0.326 e. The summed E-state index contributed by atoms with van der Waals surface area (Å²) in [6.07, 6.45) is 2.49. The largest absolute Gasteiger partial charge is 0.430 e. The van der Waals surface area contributed by atoms with Crippen LogP contribution in [0.15, 0.2) is 11.3 Å². The smallest absolute Gasteiger partial charge is 0.326 e. The zero-order valence-corrected chi connectivity index (χ0v) is 14.1. The van der Waals surface area contributed by atoms with Crippen molar-refractivity contribution in [1.29, 1.82) is 0 Å². The minimum atomic E-state index is -0.624. The van der Waals surface area contributed by atoms with E-state index in [1.54, 1.807) is 13.8 Å². The third-order valence-corrected chi connectivity index (χ3v) is 4.82. The molecule has 0 radical (unpaired) electrons. The van der Waals surface area contributed by atoms with Gasteiger partial charge in [0.25, 0.3) is 5.91 Å². The fraction of sp³-hybridized carbons (Fsp3) is 0.643. The highest BCUT2D eigenvalue weighted by Gasteiger charge is 2.50. The lowest BCUT2D eigenvalue weighted by molar-refractivity contribution is -0.138. The molecule has 3 amide bonds. The van der Waals surface area contributed by atoms with Crippen LogP contribution in [0.25, 0.3) is 0 Å². The van der Waals surface area contributed by atoms with Crippen LogP contribution in [0.2, 0.25) is 0 Å². The minimum absolute atomic E-state index is 0.0821. The Morgan fingerprint density at radius 1 is 1.43 bits per heavy atom. The number of nitrogens with one attached hydrogen (secondary N) is 1. The summed E-state index contributed by atoms with van der Waals surface area (Å²) in [7, 11) is 1.49. The number of fused-ring (bicyclic) bond motifs is 1. The molecule has 1 aliphatic heterocycles. The van der Waals surface area contributed by atoms with E-state index < -0.39 is 17.3 Å². The molecule has 3 unspecified atom stereocenters. The van der Waals surface area contributed by atoms with Gasteiger partial charge in [-0.1, -0.05) is 6.42 Å². The number of esters is 1. The fourth-order valence-electron chi connectivity index (χ4n) is 3.21. The van der Waals surface area contributed by atoms with Crippen LogP contribution in [0, 0.1) is 5.92 Å². The monoisotopic (exact) mass is 343 g/mol. The molecule has 2 rings (SSSR count). The van der Waals surface area contributed by atoms with Crippen LogP contribution in [0.5, 0.6) is 0 Å². The average molecular weight is 343 g/mol. The predicted octanol–water partition coefficient (Wildman–Crippen LogP) is 1.08. The van der Waals surface area contributed by atoms with E-state index in [-0.39, 0.29) is 23.6 Å². The number of nitrogens with two attached hydrogens (primary N) is 1. The average Bonchev–Trinajstić information content (AvgIpc) is 3.05. The van der Waals surface area contributed by atoms with Gasteiger partial charge >= 0.3 is 12.0 Å². The molecule has 2 fully saturated rings. The van der Waals surface area contributed by atoms with Gasteiger partial charge in [0.1, 0.15) is 11.0 Å². The summed E-state index contributed by atoms with van der Waals surface area (Å²) in [5.74, 6) is 4.14.